The summed E-state index contributed by atoms with van der Waals surface area (Å²) in [4.78, 5) is 31.0. The van der Waals surface area contributed by atoms with Crippen LogP contribution in [0, 0.1) is 13.8 Å². The van der Waals surface area contributed by atoms with Crippen LogP contribution in [-0.2, 0) is 18.4 Å². The molecule has 0 amide bonds. The summed E-state index contributed by atoms with van der Waals surface area (Å²) in [5, 5.41) is 9.64. The number of ether oxygens (including phenoxy) is 1. The highest BCUT2D eigenvalue weighted by atomic mass is 16.5. The van der Waals surface area contributed by atoms with Crippen molar-refractivity contribution in [3.05, 3.63) is 106 Å². The number of fused-ring (bicyclic) bond motifs is 4. The fraction of sp³-hybridized carbons (Fsp3) is 0.138. The number of carbonyl (C=O) groups is 1. The largest absolute Gasteiger partial charge is 0.454 e. The number of carbonyl (C=O) groups excluding carboxylic acids is 1. The van der Waals surface area contributed by atoms with E-state index in [0.717, 1.165) is 16.7 Å². The molecule has 8 nitrogen and oxygen atoms in total. The highest BCUT2D eigenvalue weighted by Gasteiger charge is 2.19. The zero-order valence-electron chi connectivity index (χ0n) is 20.6. The van der Waals surface area contributed by atoms with E-state index in [2.05, 4.69) is 16.3 Å². The van der Waals surface area contributed by atoms with E-state index in [9.17, 15) is 9.59 Å². The summed E-state index contributed by atoms with van der Waals surface area (Å²) in [6.07, 6.45) is 0. The predicted molar refractivity (Wildman–Crippen MR) is 142 cm³/mol. The molecule has 6 aromatic rings. The number of benzene rings is 3. The lowest BCUT2D eigenvalue weighted by atomic mass is 9.99. The quantitative estimate of drug-likeness (QED) is 0.331. The summed E-state index contributed by atoms with van der Waals surface area (Å²) in [5.74, 6) is 0.305. The van der Waals surface area contributed by atoms with E-state index < -0.39 is 5.97 Å². The van der Waals surface area contributed by atoms with Crippen LogP contribution in [0.1, 0.15) is 27.3 Å². The van der Waals surface area contributed by atoms with Crippen molar-refractivity contribution in [2.75, 3.05) is 0 Å². The molecule has 3 heterocycles. The molecule has 0 saturated carbocycles. The van der Waals surface area contributed by atoms with Crippen molar-refractivity contribution in [1.82, 2.24) is 24.1 Å². The Morgan fingerprint density at radius 1 is 0.919 bits per heavy atom. The molecule has 0 atom stereocenters. The average molecular weight is 490 g/mol. The Hall–Kier alpha value is -4.85. The molecule has 0 spiro atoms. The van der Waals surface area contributed by atoms with Gasteiger partial charge in [0.1, 0.15) is 0 Å². The minimum atomic E-state index is -0.490. The first-order chi connectivity index (χ1) is 17.9. The summed E-state index contributed by atoms with van der Waals surface area (Å²) < 4.78 is 8.95. The molecule has 37 heavy (non-hydrogen) atoms. The SMILES string of the molecule is Cc1ccc(-c2cc(C(=O)OCc3nnc4n(C)c(=O)c5ccccc5n34)c3ccccc3n2)c(C)c1. The number of hydrogen-bond donors (Lipinski definition) is 0. The van der Waals surface area contributed by atoms with Crippen LogP contribution in [0.25, 0.3) is 38.8 Å². The van der Waals surface area contributed by atoms with E-state index >= 15 is 0 Å². The Balaban J connectivity index is 1.41. The molecule has 0 bridgehead atoms. The smallest absolute Gasteiger partial charge is 0.339 e. The molecule has 0 aliphatic carbocycles. The minimum Gasteiger partial charge on any atom is -0.454 e. The molecule has 0 aliphatic rings. The van der Waals surface area contributed by atoms with Crippen LogP contribution in [0.2, 0.25) is 0 Å². The molecule has 3 aromatic carbocycles. The van der Waals surface area contributed by atoms with Crippen molar-refractivity contribution in [2.24, 2.45) is 7.05 Å². The highest BCUT2D eigenvalue weighted by molar-refractivity contribution is 6.04. The molecule has 6 rings (SSSR count). The van der Waals surface area contributed by atoms with Gasteiger partial charge in [0.2, 0.25) is 5.78 Å². The van der Waals surface area contributed by atoms with Gasteiger partial charge in [0, 0.05) is 18.0 Å². The first-order valence-corrected chi connectivity index (χ1v) is 11.9. The monoisotopic (exact) mass is 489 g/mol. The van der Waals surface area contributed by atoms with Crippen LogP contribution in [0.5, 0.6) is 0 Å². The lowest BCUT2D eigenvalue weighted by Gasteiger charge is -2.12. The van der Waals surface area contributed by atoms with Gasteiger partial charge >= 0.3 is 5.97 Å². The lowest BCUT2D eigenvalue weighted by Crippen LogP contribution is -2.20. The van der Waals surface area contributed by atoms with Crippen LogP contribution in [0.3, 0.4) is 0 Å². The van der Waals surface area contributed by atoms with Crippen molar-refractivity contribution in [3.63, 3.8) is 0 Å². The van der Waals surface area contributed by atoms with Crippen molar-refractivity contribution in [3.8, 4) is 11.3 Å². The molecule has 8 heteroatoms. The standard InChI is InChI=1S/C29H23N5O3/c1-17-12-13-19(18(2)14-17)24-15-22(20-8-4-6-10-23(20)30-24)28(36)37-16-26-31-32-29-33(3)27(35)21-9-5-7-11-25(21)34(26)29/h4-15H,16H2,1-3H3. The third kappa shape index (κ3) is 3.74. The van der Waals surface area contributed by atoms with Gasteiger partial charge < -0.3 is 4.74 Å². The van der Waals surface area contributed by atoms with Crippen LogP contribution < -0.4 is 5.56 Å². The van der Waals surface area contributed by atoms with E-state index in [1.807, 2.05) is 68.4 Å². The molecule has 0 unspecified atom stereocenters. The van der Waals surface area contributed by atoms with E-state index in [1.54, 1.807) is 23.6 Å². The Labute approximate surface area is 211 Å². The fourth-order valence-electron chi connectivity index (χ4n) is 4.78. The summed E-state index contributed by atoms with van der Waals surface area (Å²) in [6, 6.07) is 22.7. The number of esters is 1. The van der Waals surface area contributed by atoms with Crippen molar-refractivity contribution in [2.45, 2.75) is 20.5 Å². The maximum absolute atomic E-state index is 13.4. The molecule has 0 N–H and O–H groups in total. The van der Waals surface area contributed by atoms with Gasteiger partial charge in [-0.2, -0.15) is 0 Å². The average Bonchev–Trinajstić information content (AvgIpc) is 3.34. The number of para-hydroxylation sites is 2. The lowest BCUT2D eigenvalue weighted by molar-refractivity contribution is 0.0464. The van der Waals surface area contributed by atoms with Gasteiger partial charge in [-0.3, -0.25) is 13.8 Å². The number of aromatic nitrogens is 5. The zero-order chi connectivity index (χ0) is 25.7. The number of aryl methyl sites for hydroxylation is 3. The van der Waals surface area contributed by atoms with Gasteiger partial charge in [0.05, 0.1) is 27.7 Å². The zero-order valence-corrected chi connectivity index (χ0v) is 20.6. The van der Waals surface area contributed by atoms with E-state index in [4.69, 9.17) is 9.72 Å². The van der Waals surface area contributed by atoms with Crippen LogP contribution in [-0.4, -0.2) is 30.1 Å². The summed E-state index contributed by atoms with van der Waals surface area (Å²) in [5.41, 5.74) is 5.52. The van der Waals surface area contributed by atoms with Gasteiger partial charge in [-0.15, -0.1) is 10.2 Å². The van der Waals surface area contributed by atoms with Crippen molar-refractivity contribution < 1.29 is 9.53 Å². The normalized spacial score (nSPS) is 11.4. The molecule has 0 aliphatic heterocycles. The third-order valence-corrected chi connectivity index (χ3v) is 6.62. The van der Waals surface area contributed by atoms with Gasteiger partial charge in [-0.1, -0.05) is 54.1 Å². The molecule has 0 radical (unpaired) electrons. The van der Waals surface area contributed by atoms with Crippen LogP contribution in [0.15, 0.2) is 77.6 Å². The second kappa shape index (κ2) is 8.67. The minimum absolute atomic E-state index is 0.113. The number of pyridine rings is 1. The Morgan fingerprint density at radius 3 is 2.49 bits per heavy atom. The van der Waals surface area contributed by atoms with Gasteiger partial charge in [-0.25, -0.2) is 9.78 Å². The van der Waals surface area contributed by atoms with Crippen molar-refractivity contribution >= 4 is 33.6 Å². The van der Waals surface area contributed by atoms with Gasteiger partial charge in [0.25, 0.3) is 5.56 Å². The molecule has 182 valence electrons. The summed E-state index contributed by atoms with van der Waals surface area (Å²) >= 11 is 0. The van der Waals surface area contributed by atoms with E-state index in [1.165, 1.54) is 4.57 Å². The molecular formula is C29H23N5O3. The summed E-state index contributed by atoms with van der Waals surface area (Å²) in [6.45, 7) is 3.96. The topological polar surface area (TPSA) is 91.4 Å². The number of hydrogen-bond acceptors (Lipinski definition) is 6. The van der Waals surface area contributed by atoms with Gasteiger partial charge in [0.15, 0.2) is 12.4 Å². The second-order valence-electron chi connectivity index (χ2n) is 9.10. The van der Waals surface area contributed by atoms with E-state index in [0.29, 0.717) is 44.7 Å². The molecule has 0 fully saturated rings. The maximum atomic E-state index is 13.4. The molecular weight excluding hydrogens is 466 g/mol. The van der Waals surface area contributed by atoms with Crippen molar-refractivity contribution in [1.29, 1.82) is 0 Å². The first-order valence-electron chi connectivity index (χ1n) is 11.9. The third-order valence-electron chi connectivity index (χ3n) is 6.62. The van der Waals surface area contributed by atoms with Crippen LogP contribution in [0.4, 0.5) is 0 Å². The molecule has 3 aromatic heterocycles. The van der Waals surface area contributed by atoms with Crippen LogP contribution >= 0.6 is 0 Å². The van der Waals surface area contributed by atoms with E-state index in [-0.39, 0.29) is 12.2 Å². The number of rotatable bonds is 4. The highest BCUT2D eigenvalue weighted by Crippen LogP contribution is 2.28. The molecule has 0 saturated heterocycles. The Morgan fingerprint density at radius 2 is 1.68 bits per heavy atom. The first kappa shape index (κ1) is 22.6. The Bertz CT molecular complexity index is 1920. The summed E-state index contributed by atoms with van der Waals surface area (Å²) in [7, 11) is 1.65. The fourth-order valence-corrected chi connectivity index (χ4v) is 4.78. The van der Waals surface area contributed by atoms with Gasteiger partial charge in [-0.05, 0) is 43.7 Å². The maximum Gasteiger partial charge on any atom is 0.339 e. The second-order valence-corrected chi connectivity index (χ2v) is 9.10. The number of nitrogens with zero attached hydrogens (tertiary/aromatic N) is 5. The predicted octanol–water partition coefficient (Wildman–Crippen LogP) is 4.77. The Kier molecular flexibility index (Phi) is 5.30.